The van der Waals surface area contributed by atoms with E-state index >= 15 is 0 Å². The summed E-state index contributed by atoms with van der Waals surface area (Å²) < 4.78 is 0.889. The fourth-order valence-corrected chi connectivity index (χ4v) is 2.52. The maximum Gasteiger partial charge on any atom is 0.329 e. The molecule has 0 bridgehead atoms. The Kier molecular flexibility index (Phi) is 5.51. The highest BCUT2D eigenvalue weighted by molar-refractivity contribution is 5.82. The molecule has 1 amide bonds. The molecule has 0 spiro atoms. The molecule has 0 unspecified atom stereocenters. The smallest absolute Gasteiger partial charge is 0.329 e. The second-order valence-electron chi connectivity index (χ2n) is 5.37. The van der Waals surface area contributed by atoms with Crippen molar-refractivity contribution in [3.63, 3.8) is 0 Å². The molecule has 24 heavy (non-hydrogen) atoms. The second-order valence-corrected chi connectivity index (χ2v) is 5.37. The number of rotatable bonds is 7. The molecule has 0 fully saturated rings. The van der Waals surface area contributed by atoms with Crippen molar-refractivity contribution in [3.8, 4) is 0 Å². The average Bonchev–Trinajstić information content (AvgIpc) is 2.53. The lowest BCUT2D eigenvalue weighted by molar-refractivity contribution is -0.305. The highest BCUT2D eigenvalue weighted by Crippen LogP contribution is 2.12. The Morgan fingerprint density at radius 3 is 2.67 bits per heavy atom. The summed E-state index contributed by atoms with van der Waals surface area (Å²) in [4.78, 5) is 50.2. The molecule has 8 heteroatoms. The first-order valence-electron chi connectivity index (χ1n) is 7.66. The van der Waals surface area contributed by atoms with E-state index in [9.17, 15) is 24.3 Å². The van der Waals surface area contributed by atoms with E-state index in [-0.39, 0.29) is 19.4 Å². The van der Waals surface area contributed by atoms with Crippen LogP contribution in [0.15, 0.2) is 33.9 Å². The van der Waals surface area contributed by atoms with Crippen molar-refractivity contribution in [2.45, 2.75) is 32.2 Å². The molecular weight excluding hydrogens is 314 g/mol. The number of benzene rings is 1. The molecule has 0 aliphatic heterocycles. The number of carbonyl (C=O) groups excluding carboxylic acids is 2. The largest absolute Gasteiger partial charge is 0.550 e. The first-order chi connectivity index (χ1) is 11.5. The first-order valence-corrected chi connectivity index (χ1v) is 7.66. The number of carboxylic acids is 1. The van der Waals surface area contributed by atoms with Gasteiger partial charge < -0.3 is 20.2 Å². The Morgan fingerprint density at radius 1 is 1.29 bits per heavy atom. The molecule has 1 aromatic carbocycles. The predicted octanol–water partition coefficient (Wildman–Crippen LogP) is -0.713. The molecule has 2 aromatic rings. The van der Waals surface area contributed by atoms with Crippen molar-refractivity contribution >= 4 is 22.8 Å². The minimum atomic E-state index is -1.29. The van der Waals surface area contributed by atoms with Gasteiger partial charge in [-0.1, -0.05) is 25.5 Å². The summed E-state index contributed by atoms with van der Waals surface area (Å²) >= 11 is 0. The molecule has 128 valence electrons. The summed E-state index contributed by atoms with van der Waals surface area (Å²) in [6.07, 6.45) is 0.503. The van der Waals surface area contributed by atoms with Gasteiger partial charge in [-0.3, -0.25) is 9.59 Å². The Balaban J connectivity index is 2.42. The fourth-order valence-electron chi connectivity index (χ4n) is 2.52. The van der Waals surface area contributed by atoms with Gasteiger partial charge in [0.15, 0.2) is 0 Å². The van der Waals surface area contributed by atoms with Gasteiger partial charge in [0.2, 0.25) is 5.91 Å². The number of nitrogens with one attached hydrogen (secondary N) is 2. The molecule has 1 heterocycles. The predicted molar refractivity (Wildman–Crippen MR) is 85.4 cm³/mol. The molecule has 2 N–H and O–H groups in total. The summed E-state index contributed by atoms with van der Waals surface area (Å²) in [6.45, 7) is 1.70. The number of hydrogen-bond acceptors (Lipinski definition) is 5. The normalized spacial score (nSPS) is 12.0. The van der Waals surface area contributed by atoms with Crippen LogP contribution in [-0.4, -0.2) is 28.0 Å². The summed E-state index contributed by atoms with van der Waals surface area (Å²) in [5, 5.41) is 13.2. The van der Waals surface area contributed by atoms with E-state index < -0.39 is 29.2 Å². The van der Waals surface area contributed by atoms with Gasteiger partial charge >= 0.3 is 5.69 Å². The van der Waals surface area contributed by atoms with E-state index in [0.717, 1.165) is 4.57 Å². The molecule has 1 atom stereocenters. The Morgan fingerprint density at radius 2 is 2.00 bits per heavy atom. The summed E-state index contributed by atoms with van der Waals surface area (Å²) in [7, 11) is 0. The molecule has 1 aromatic heterocycles. The fraction of sp³-hybridized carbons (Fsp3) is 0.375. The van der Waals surface area contributed by atoms with E-state index in [1.54, 1.807) is 24.3 Å². The van der Waals surface area contributed by atoms with Crippen LogP contribution in [0.4, 0.5) is 0 Å². The number of H-pyrrole nitrogens is 1. The van der Waals surface area contributed by atoms with Crippen LogP contribution in [0.25, 0.3) is 10.9 Å². The number of aromatic amines is 1. The molecule has 0 aliphatic carbocycles. The monoisotopic (exact) mass is 332 g/mol. The number of carboxylic acid groups (broad SMARTS) is 1. The molecule has 8 nitrogen and oxygen atoms in total. The molecule has 0 saturated heterocycles. The highest BCUT2D eigenvalue weighted by atomic mass is 16.4. The number of amides is 1. The van der Waals surface area contributed by atoms with Gasteiger partial charge in [-0.25, -0.2) is 9.36 Å². The van der Waals surface area contributed by atoms with Crippen LogP contribution >= 0.6 is 0 Å². The van der Waals surface area contributed by atoms with Gasteiger partial charge in [0.1, 0.15) is 6.04 Å². The van der Waals surface area contributed by atoms with E-state index in [1.807, 2.05) is 6.92 Å². The third-order valence-corrected chi connectivity index (χ3v) is 3.64. The third kappa shape index (κ3) is 3.70. The van der Waals surface area contributed by atoms with Gasteiger partial charge in [-0.15, -0.1) is 0 Å². The maximum atomic E-state index is 12.6. The lowest BCUT2D eigenvalue weighted by Crippen LogP contribution is -2.45. The second kappa shape index (κ2) is 7.58. The number of carbonyl (C=O) groups is 2. The van der Waals surface area contributed by atoms with Crippen LogP contribution in [0.5, 0.6) is 0 Å². The summed E-state index contributed by atoms with van der Waals surface area (Å²) in [6, 6.07) is 5.54. The van der Waals surface area contributed by atoms with Gasteiger partial charge in [0.05, 0.1) is 10.9 Å². The minimum Gasteiger partial charge on any atom is -0.550 e. The zero-order valence-electron chi connectivity index (χ0n) is 13.2. The van der Waals surface area contributed by atoms with E-state index in [2.05, 4.69) is 10.3 Å². The Bertz CT molecular complexity index is 868. The summed E-state index contributed by atoms with van der Waals surface area (Å²) in [5.41, 5.74) is -0.827. The Labute approximate surface area is 137 Å². The lowest BCUT2D eigenvalue weighted by atomic mass is 10.1. The first kappa shape index (κ1) is 17.5. The van der Waals surface area contributed by atoms with Crippen LogP contribution < -0.4 is 21.7 Å². The van der Waals surface area contributed by atoms with E-state index in [4.69, 9.17) is 0 Å². The molecule has 0 saturated carbocycles. The number of para-hydroxylation sites is 1. The standard InChI is InChI=1S/C16H19N3O5/c1-2-5-12(14(22)17-9-8-13(20)21)19-15(23)10-6-3-4-7-11(10)18-16(19)24/h3-4,6-7,12H,2,5,8-9H2,1H3,(H,17,22)(H,18,24)(H,20,21)/p-1/t12-/m1/s1. The molecule has 0 radical (unpaired) electrons. The van der Waals surface area contributed by atoms with Gasteiger partial charge in [-0.05, 0) is 18.6 Å². The van der Waals surface area contributed by atoms with Crippen LogP contribution in [0.1, 0.15) is 32.2 Å². The van der Waals surface area contributed by atoms with Crippen molar-refractivity contribution in [2.24, 2.45) is 0 Å². The highest BCUT2D eigenvalue weighted by Gasteiger charge is 2.23. The van der Waals surface area contributed by atoms with Gasteiger partial charge in [0, 0.05) is 18.9 Å². The quantitative estimate of drug-likeness (QED) is 0.693. The SMILES string of the molecule is CCC[C@H](C(=O)NCCC(=O)[O-])n1c(=O)[nH]c2ccccc2c1=O. The van der Waals surface area contributed by atoms with Crippen molar-refractivity contribution in [1.29, 1.82) is 0 Å². The van der Waals surface area contributed by atoms with Crippen molar-refractivity contribution in [2.75, 3.05) is 6.54 Å². The van der Waals surface area contributed by atoms with Crippen LogP contribution in [0, 0.1) is 0 Å². The van der Waals surface area contributed by atoms with Crippen molar-refractivity contribution in [3.05, 3.63) is 45.1 Å². The van der Waals surface area contributed by atoms with Crippen LogP contribution in [-0.2, 0) is 9.59 Å². The molecule has 2 rings (SSSR count). The number of nitrogens with zero attached hydrogens (tertiary/aromatic N) is 1. The number of aromatic nitrogens is 2. The van der Waals surface area contributed by atoms with Crippen molar-refractivity contribution < 1.29 is 14.7 Å². The summed E-state index contributed by atoms with van der Waals surface area (Å²) in [5.74, 6) is -1.86. The van der Waals surface area contributed by atoms with Gasteiger partial charge in [-0.2, -0.15) is 0 Å². The Hall–Kier alpha value is -2.90. The number of aliphatic carboxylic acids is 1. The third-order valence-electron chi connectivity index (χ3n) is 3.64. The number of fused-ring (bicyclic) bond motifs is 1. The zero-order chi connectivity index (χ0) is 17.7. The van der Waals surface area contributed by atoms with Crippen molar-refractivity contribution in [1.82, 2.24) is 14.9 Å². The average molecular weight is 332 g/mol. The van der Waals surface area contributed by atoms with Crippen LogP contribution in [0.3, 0.4) is 0 Å². The molecular formula is C16H18N3O5-. The van der Waals surface area contributed by atoms with Gasteiger partial charge in [0.25, 0.3) is 5.56 Å². The number of hydrogen-bond donors (Lipinski definition) is 2. The minimum absolute atomic E-state index is 0.123. The maximum absolute atomic E-state index is 12.6. The van der Waals surface area contributed by atoms with E-state index in [1.165, 1.54) is 0 Å². The zero-order valence-corrected chi connectivity index (χ0v) is 13.2. The van der Waals surface area contributed by atoms with Crippen LogP contribution in [0.2, 0.25) is 0 Å². The topological polar surface area (TPSA) is 124 Å². The van der Waals surface area contributed by atoms with E-state index in [0.29, 0.717) is 17.3 Å². The lowest BCUT2D eigenvalue weighted by Gasteiger charge is -2.18. The molecule has 0 aliphatic rings.